The molecule has 0 aromatic rings. The average Bonchev–Trinajstić information content (AvgIpc) is 1.37. The van der Waals surface area contributed by atoms with Crippen LogP contribution in [0.2, 0.25) is 0 Å². The van der Waals surface area contributed by atoms with Crippen molar-refractivity contribution in [2.75, 3.05) is 6.66 Å². The van der Waals surface area contributed by atoms with Gasteiger partial charge < -0.3 is 0 Å². The maximum Gasteiger partial charge on any atom is 0.232 e. The van der Waals surface area contributed by atoms with Crippen LogP contribution >= 0.6 is 8.58 Å². The summed E-state index contributed by atoms with van der Waals surface area (Å²) in [5.41, 5.74) is 0. The van der Waals surface area contributed by atoms with Crippen molar-refractivity contribution in [1.29, 1.82) is 5.26 Å². The lowest BCUT2D eigenvalue weighted by Crippen LogP contribution is -1.21. The highest BCUT2D eigenvalue weighted by Crippen LogP contribution is 1.91. The maximum absolute atomic E-state index is 7.66. The van der Waals surface area contributed by atoms with Gasteiger partial charge in [-0.25, -0.2) is 0 Å². The molecule has 0 radical (unpaired) electrons. The summed E-state index contributed by atoms with van der Waals surface area (Å²) in [6.45, 7) is 1.90. The summed E-state index contributed by atoms with van der Waals surface area (Å²) >= 11 is 0. The largest absolute Gasteiger partial charge is 0.232 e. The van der Waals surface area contributed by atoms with Gasteiger partial charge in [-0.3, -0.25) is 0 Å². The Labute approximate surface area is 27.4 Å². The zero-order valence-corrected chi connectivity index (χ0v) is 3.68. The van der Waals surface area contributed by atoms with E-state index in [2.05, 4.69) is 0 Å². The smallest absolute Gasteiger partial charge is 0.152 e. The van der Waals surface area contributed by atoms with E-state index in [4.69, 9.17) is 5.26 Å². The first-order valence-electron chi connectivity index (χ1n) is 1.09. The van der Waals surface area contributed by atoms with Crippen LogP contribution in [0.4, 0.5) is 0 Å². The van der Waals surface area contributed by atoms with Crippen molar-refractivity contribution in [3.8, 4) is 5.81 Å². The van der Waals surface area contributed by atoms with Crippen molar-refractivity contribution < 1.29 is 0 Å². The number of nitrogens with zero attached hydrogens (tertiary/aromatic N) is 1. The molecule has 1 unspecified atom stereocenters. The van der Waals surface area contributed by atoms with Gasteiger partial charge in [-0.1, -0.05) is 0 Å². The van der Waals surface area contributed by atoms with Gasteiger partial charge in [0.05, 0.1) is 15.2 Å². The molecule has 0 amide bonds. The summed E-state index contributed by atoms with van der Waals surface area (Å²) in [6.07, 6.45) is 0. The van der Waals surface area contributed by atoms with E-state index in [0.29, 0.717) is 0 Å². The topological polar surface area (TPSA) is 23.8 Å². The van der Waals surface area contributed by atoms with Gasteiger partial charge in [-0.05, 0) is 0 Å². The summed E-state index contributed by atoms with van der Waals surface area (Å²) in [4.78, 5) is 0. The Morgan fingerprint density at radius 1 is 2.00 bits per heavy atom. The van der Waals surface area contributed by atoms with E-state index in [1.54, 1.807) is 0 Å². The van der Waals surface area contributed by atoms with E-state index in [9.17, 15) is 0 Å². The van der Waals surface area contributed by atoms with Gasteiger partial charge in [0.15, 0.2) is 0 Å². The van der Waals surface area contributed by atoms with E-state index >= 15 is 0 Å². The maximum atomic E-state index is 7.66. The molecule has 0 fully saturated rings. The lowest BCUT2D eigenvalue weighted by atomic mass is 11.8. The minimum absolute atomic E-state index is 0.0880. The summed E-state index contributed by atoms with van der Waals surface area (Å²) in [7, 11) is 0.0880. The molecular weight excluding hydrogens is 69.0 g/mol. The third-order valence-corrected chi connectivity index (χ3v) is 0.387. The minimum atomic E-state index is 0.0880. The normalized spacial score (nSPS) is 8.00. The van der Waals surface area contributed by atoms with Crippen molar-refractivity contribution in [3.05, 3.63) is 0 Å². The molecule has 0 aromatic carbocycles. The molecule has 0 aromatic heterocycles. The molecule has 1 nitrogen and oxygen atoms in total. The van der Waals surface area contributed by atoms with Crippen molar-refractivity contribution >= 4 is 8.58 Å². The number of hydrogen-bond acceptors (Lipinski definition) is 1. The van der Waals surface area contributed by atoms with E-state index in [1.807, 2.05) is 12.5 Å². The number of nitriles is 1. The monoisotopic (exact) mass is 74.0 g/mol. The SMILES string of the molecule is C[PH2+]C#N. The quantitative estimate of drug-likeness (QED) is 0.384. The average molecular weight is 74.0 g/mol. The van der Waals surface area contributed by atoms with Crippen molar-refractivity contribution in [2.45, 2.75) is 0 Å². The van der Waals surface area contributed by atoms with E-state index < -0.39 is 0 Å². The Morgan fingerprint density at radius 2 is 2.25 bits per heavy atom. The Balaban J connectivity index is 2.43. The molecule has 1 atom stereocenters. The lowest BCUT2D eigenvalue weighted by molar-refractivity contribution is 1.57. The standard InChI is InChI=1S/C2H4NP/c1-4-2-3/h4H,1H3/p+1. The van der Waals surface area contributed by atoms with Crippen molar-refractivity contribution in [1.82, 2.24) is 0 Å². The van der Waals surface area contributed by atoms with Crippen molar-refractivity contribution in [3.63, 3.8) is 0 Å². The van der Waals surface area contributed by atoms with Gasteiger partial charge in [0.2, 0.25) is 5.81 Å². The van der Waals surface area contributed by atoms with E-state index in [0.717, 1.165) is 0 Å². The number of rotatable bonds is 0. The highest BCUT2D eigenvalue weighted by molar-refractivity contribution is 7.42. The van der Waals surface area contributed by atoms with Crippen LogP contribution in [0.3, 0.4) is 0 Å². The van der Waals surface area contributed by atoms with Gasteiger partial charge in [0, 0.05) is 0 Å². The first kappa shape index (κ1) is 3.92. The van der Waals surface area contributed by atoms with Gasteiger partial charge >= 0.3 is 0 Å². The minimum Gasteiger partial charge on any atom is -0.152 e. The van der Waals surface area contributed by atoms with Gasteiger partial charge in [-0.15, -0.1) is 0 Å². The Bertz CT molecular complexity index is 35.8. The molecule has 4 heavy (non-hydrogen) atoms. The molecule has 0 aliphatic rings. The molecule has 0 heterocycles. The predicted molar refractivity (Wildman–Crippen MR) is 21.2 cm³/mol. The first-order chi connectivity index (χ1) is 1.91. The summed E-state index contributed by atoms with van der Waals surface area (Å²) in [6, 6.07) is 0. The van der Waals surface area contributed by atoms with Crippen LogP contribution in [-0.4, -0.2) is 6.66 Å². The van der Waals surface area contributed by atoms with Crippen LogP contribution in [-0.2, 0) is 0 Å². The molecule has 0 bridgehead atoms. The lowest BCUT2D eigenvalue weighted by Gasteiger charge is -1.37. The molecule has 0 spiro atoms. The van der Waals surface area contributed by atoms with Crippen molar-refractivity contribution in [2.24, 2.45) is 0 Å². The fourth-order valence-corrected chi connectivity index (χ4v) is 0. The number of hydrogen-bond donors (Lipinski definition) is 0. The molecule has 2 heteroatoms. The van der Waals surface area contributed by atoms with Crippen LogP contribution in [0.15, 0.2) is 0 Å². The second kappa shape index (κ2) is 2.92. The van der Waals surface area contributed by atoms with Gasteiger partial charge in [0.1, 0.15) is 0 Å². The third-order valence-electron chi connectivity index (χ3n) is 0.129. The Morgan fingerprint density at radius 3 is 2.25 bits per heavy atom. The molecule has 0 N–H and O–H groups in total. The Hall–Kier alpha value is -0.0800. The first-order valence-corrected chi connectivity index (χ1v) is 2.82. The van der Waals surface area contributed by atoms with Crippen LogP contribution in [0.5, 0.6) is 0 Å². The van der Waals surface area contributed by atoms with Crippen LogP contribution in [0.1, 0.15) is 0 Å². The molecule has 0 rings (SSSR count). The third kappa shape index (κ3) is 1.92. The molecule has 0 aliphatic heterocycles. The molecular formula is C2H5NP+. The van der Waals surface area contributed by atoms with E-state index in [-0.39, 0.29) is 8.58 Å². The fourth-order valence-electron chi connectivity index (χ4n) is 0. The molecule has 0 aliphatic carbocycles. The van der Waals surface area contributed by atoms with Crippen LogP contribution < -0.4 is 0 Å². The second-order valence-electron chi connectivity index (χ2n) is 0.418. The summed E-state index contributed by atoms with van der Waals surface area (Å²) < 4.78 is 0. The summed E-state index contributed by atoms with van der Waals surface area (Å²) in [5.74, 6) is 2.01. The summed E-state index contributed by atoms with van der Waals surface area (Å²) in [5, 5.41) is 7.66. The zero-order chi connectivity index (χ0) is 3.41. The van der Waals surface area contributed by atoms with Gasteiger partial charge in [-0.2, -0.15) is 5.26 Å². The van der Waals surface area contributed by atoms with E-state index in [1.165, 1.54) is 0 Å². The molecule has 0 saturated carbocycles. The highest BCUT2D eigenvalue weighted by atomic mass is 31.1. The highest BCUT2D eigenvalue weighted by Gasteiger charge is 1.60. The molecule has 0 saturated heterocycles. The Kier molecular flexibility index (Phi) is 2.86. The van der Waals surface area contributed by atoms with Gasteiger partial charge in [0.25, 0.3) is 0 Å². The zero-order valence-electron chi connectivity index (χ0n) is 2.52. The second-order valence-corrected chi connectivity index (χ2v) is 1.25. The predicted octanol–water partition coefficient (Wildman–Crippen LogP) is 0.508. The van der Waals surface area contributed by atoms with Crippen LogP contribution in [0, 0.1) is 11.1 Å². The fraction of sp³-hybridized carbons (Fsp3) is 0.500. The molecule has 22 valence electrons. The van der Waals surface area contributed by atoms with Crippen LogP contribution in [0.25, 0.3) is 0 Å².